The molecule has 5 heteroatoms. The van der Waals surface area contributed by atoms with Crippen molar-refractivity contribution >= 4 is 11.5 Å². The van der Waals surface area contributed by atoms with E-state index in [0.717, 1.165) is 19.3 Å². The number of unbranched alkanes of at least 4 members (excludes halogenated alkanes) is 1. The predicted octanol–water partition coefficient (Wildman–Crippen LogP) is 4.01. The average Bonchev–Trinajstić information content (AvgIpc) is 2.50. The number of carbonyl (C=O) groups excluding carboxylic acids is 1. The van der Waals surface area contributed by atoms with E-state index >= 15 is 0 Å². The number of hydrogen-bond acceptors (Lipinski definition) is 4. The van der Waals surface area contributed by atoms with Gasteiger partial charge in [-0.3, -0.25) is 14.9 Å². The standard InChI is InChI=1S/C16H23NO4/c1-3-5-6-13(4-2)11-21-12-16(18)14-7-9-15(10-8-14)17(19)20/h7-10,13H,3-6,11-12H2,1-2H3. The molecule has 0 saturated carbocycles. The number of benzene rings is 1. The summed E-state index contributed by atoms with van der Waals surface area (Å²) in [6.45, 7) is 4.91. The highest BCUT2D eigenvalue weighted by atomic mass is 16.6. The summed E-state index contributed by atoms with van der Waals surface area (Å²) in [5.74, 6) is 0.352. The third-order valence-electron chi connectivity index (χ3n) is 3.53. The third-order valence-corrected chi connectivity index (χ3v) is 3.53. The van der Waals surface area contributed by atoms with Gasteiger partial charge in [-0.15, -0.1) is 0 Å². The molecule has 1 atom stereocenters. The van der Waals surface area contributed by atoms with Gasteiger partial charge in [-0.1, -0.05) is 33.1 Å². The maximum atomic E-state index is 11.9. The predicted molar refractivity (Wildman–Crippen MR) is 81.6 cm³/mol. The Bertz CT molecular complexity index is 456. The molecule has 0 bridgehead atoms. The van der Waals surface area contributed by atoms with Gasteiger partial charge in [0.25, 0.3) is 5.69 Å². The number of non-ortho nitro benzene ring substituents is 1. The van der Waals surface area contributed by atoms with Gasteiger partial charge in [-0.25, -0.2) is 0 Å². The molecule has 0 fully saturated rings. The molecular formula is C16H23NO4. The molecule has 0 radical (unpaired) electrons. The Labute approximate surface area is 125 Å². The molecule has 21 heavy (non-hydrogen) atoms. The highest BCUT2D eigenvalue weighted by molar-refractivity contribution is 5.97. The normalized spacial score (nSPS) is 12.1. The molecule has 0 aliphatic carbocycles. The summed E-state index contributed by atoms with van der Waals surface area (Å²) in [4.78, 5) is 22.0. The number of ketones is 1. The first-order valence-corrected chi connectivity index (χ1v) is 7.43. The lowest BCUT2D eigenvalue weighted by Gasteiger charge is -2.14. The minimum Gasteiger partial charge on any atom is -0.373 e. The Balaban J connectivity index is 2.41. The Morgan fingerprint density at radius 1 is 1.29 bits per heavy atom. The van der Waals surface area contributed by atoms with Crippen LogP contribution >= 0.6 is 0 Å². The maximum absolute atomic E-state index is 11.9. The molecule has 0 aliphatic rings. The summed E-state index contributed by atoms with van der Waals surface area (Å²) in [5, 5.41) is 10.5. The molecule has 1 aromatic rings. The molecule has 0 spiro atoms. The van der Waals surface area contributed by atoms with Crippen LogP contribution in [0.25, 0.3) is 0 Å². The molecule has 0 heterocycles. The maximum Gasteiger partial charge on any atom is 0.269 e. The van der Waals surface area contributed by atoms with E-state index in [2.05, 4.69) is 13.8 Å². The van der Waals surface area contributed by atoms with Crippen LogP contribution in [0.4, 0.5) is 5.69 Å². The lowest BCUT2D eigenvalue weighted by Crippen LogP contribution is -2.15. The van der Waals surface area contributed by atoms with Crippen molar-refractivity contribution in [3.8, 4) is 0 Å². The molecule has 1 rings (SSSR count). The number of hydrogen-bond donors (Lipinski definition) is 0. The van der Waals surface area contributed by atoms with E-state index in [9.17, 15) is 14.9 Å². The number of ether oxygens (including phenoxy) is 1. The first-order chi connectivity index (χ1) is 10.1. The molecule has 0 saturated heterocycles. The highest BCUT2D eigenvalue weighted by Crippen LogP contribution is 2.14. The SMILES string of the molecule is CCCCC(CC)COCC(=O)c1ccc([N+](=O)[O-])cc1. The van der Waals surface area contributed by atoms with Gasteiger partial charge in [0.1, 0.15) is 6.61 Å². The van der Waals surface area contributed by atoms with E-state index in [0.29, 0.717) is 18.1 Å². The van der Waals surface area contributed by atoms with Gasteiger partial charge >= 0.3 is 0 Å². The number of Topliss-reactive ketones (excluding diaryl/α,β-unsaturated/α-hetero) is 1. The zero-order valence-electron chi connectivity index (χ0n) is 12.7. The van der Waals surface area contributed by atoms with Crippen molar-refractivity contribution in [2.24, 2.45) is 5.92 Å². The Hall–Kier alpha value is -1.75. The quantitative estimate of drug-likeness (QED) is 0.371. The monoisotopic (exact) mass is 293 g/mol. The zero-order valence-corrected chi connectivity index (χ0v) is 12.7. The molecule has 5 nitrogen and oxygen atoms in total. The van der Waals surface area contributed by atoms with Gasteiger partial charge in [-0.05, 0) is 24.5 Å². The summed E-state index contributed by atoms with van der Waals surface area (Å²) in [6, 6.07) is 5.61. The molecule has 0 aromatic heterocycles. The zero-order chi connectivity index (χ0) is 15.7. The molecule has 0 aliphatic heterocycles. The van der Waals surface area contributed by atoms with E-state index in [1.807, 2.05) is 0 Å². The number of nitro groups is 1. The van der Waals surface area contributed by atoms with Gasteiger partial charge < -0.3 is 4.74 Å². The van der Waals surface area contributed by atoms with Crippen LogP contribution in [0.3, 0.4) is 0 Å². The number of nitro benzene ring substituents is 1. The lowest BCUT2D eigenvalue weighted by atomic mass is 10.0. The van der Waals surface area contributed by atoms with Crippen molar-refractivity contribution in [3.63, 3.8) is 0 Å². The first kappa shape index (κ1) is 17.3. The molecule has 0 N–H and O–H groups in total. The molecule has 0 amide bonds. The summed E-state index contributed by atoms with van der Waals surface area (Å²) in [5.41, 5.74) is 0.431. The average molecular weight is 293 g/mol. The van der Waals surface area contributed by atoms with Crippen molar-refractivity contribution in [2.75, 3.05) is 13.2 Å². The van der Waals surface area contributed by atoms with E-state index < -0.39 is 4.92 Å². The van der Waals surface area contributed by atoms with Crippen molar-refractivity contribution in [2.45, 2.75) is 39.5 Å². The minimum atomic E-state index is -0.482. The van der Waals surface area contributed by atoms with E-state index in [4.69, 9.17) is 4.74 Å². The van der Waals surface area contributed by atoms with Crippen molar-refractivity contribution in [1.82, 2.24) is 0 Å². The van der Waals surface area contributed by atoms with E-state index in [1.54, 1.807) is 0 Å². The number of rotatable bonds is 10. The molecule has 116 valence electrons. The molecule has 1 aromatic carbocycles. The van der Waals surface area contributed by atoms with Crippen LogP contribution < -0.4 is 0 Å². The fourth-order valence-electron chi connectivity index (χ4n) is 2.07. The van der Waals surface area contributed by atoms with Crippen LogP contribution in [-0.2, 0) is 4.74 Å². The largest absolute Gasteiger partial charge is 0.373 e. The topological polar surface area (TPSA) is 69.4 Å². The van der Waals surface area contributed by atoms with Crippen molar-refractivity contribution in [1.29, 1.82) is 0 Å². The van der Waals surface area contributed by atoms with Gasteiger partial charge in [0, 0.05) is 24.3 Å². The summed E-state index contributed by atoms with van der Waals surface area (Å²) in [6.07, 6.45) is 4.51. The second-order valence-electron chi connectivity index (χ2n) is 5.16. The summed E-state index contributed by atoms with van der Waals surface area (Å²) >= 11 is 0. The van der Waals surface area contributed by atoms with Crippen LogP contribution in [0.1, 0.15) is 49.9 Å². The Kier molecular flexibility index (Phi) is 7.61. The number of nitrogens with zero attached hydrogens (tertiary/aromatic N) is 1. The van der Waals surface area contributed by atoms with Crippen molar-refractivity contribution in [3.05, 3.63) is 39.9 Å². The van der Waals surface area contributed by atoms with Gasteiger partial charge in [0.05, 0.1) is 4.92 Å². The minimum absolute atomic E-state index is 0.0157. The Morgan fingerprint density at radius 3 is 2.48 bits per heavy atom. The van der Waals surface area contributed by atoms with Crippen LogP contribution in [0.5, 0.6) is 0 Å². The third kappa shape index (κ3) is 6.04. The summed E-state index contributed by atoms with van der Waals surface area (Å²) in [7, 11) is 0. The first-order valence-electron chi connectivity index (χ1n) is 7.43. The summed E-state index contributed by atoms with van der Waals surface area (Å²) < 4.78 is 5.49. The fraction of sp³-hybridized carbons (Fsp3) is 0.562. The molecular weight excluding hydrogens is 270 g/mol. The van der Waals surface area contributed by atoms with Crippen LogP contribution in [0.15, 0.2) is 24.3 Å². The van der Waals surface area contributed by atoms with Crippen LogP contribution in [0.2, 0.25) is 0 Å². The van der Waals surface area contributed by atoms with Crippen LogP contribution in [-0.4, -0.2) is 23.9 Å². The second-order valence-corrected chi connectivity index (χ2v) is 5.16. The Morgan fingerprint density at radius 2 is 1.95 bits per heavy atom. The van der Waals surface area contributed by atoms with E-state index in [-0.39, 0.29) is 18.1 Å². The fourth-order valence-corrected chi connectivity index (χ4v) is 2.07. The highest BCUT2D eigenvalue weighted by Gasteiger charge is 2.11. The van der Waals surface area contributed by atoms with E-state index in [1.165, 1.54) is 30.7 Å². The lowest BCUT2D eigenvalue weighted by molar-refractivity contribution is -0.384. The second kappa shape index (κ2) is 9.23. The number of carbonyl (C=O) groups is 1. The smallest absolute Gasteiger partial charge is 0.269 e. The molecule has 1 unspecified atom stereocenters. The van der Waals surface area contributed by atoms with Gasteiger partial charge in [0.15, 0.2) is 5.78 Å². The van der Waals surface area contributed by atoms with Gasteiger partial charge in [0.2, 0.25) is 0 Å². The van der Waals surface area contributed by atoms with Gasteiger partial charge in [-0.2, -0.15) is 0 Å². The van der Waals surface area contributed by atoms with Crippen molar-refractivity contribution < 1.29 is 14.5 Å². The van der Waals surface area contributed by atoms with Crippen LogP contribution in [0, 0.1) is 16.0 Å².